The van der Waals surface area contributed by atoms with E-state index in [1.54, 1.807) is 0 Å². The van der Waals surface area contributed by atoms with Crippen molar-refractivity contribution in [2.75, 3.05) is 10.1 Å². The number of pyridine rings is 1. The van der Waals surface area contributed by atoms with E-state index in [1.807, 2.05) is 48.7 Å². The number of carbonyl (C=O) groups excluding carboxylic acids is 1. The fourth-order valence-corrected chi connectivity index (χ4v) is 3.49. The van der Waals surface area contributed by atoms with Crippen LogP contribution in [0.25, 0.3) is 10.9 Å². The molecule has 1 aliphatic rings. The molecule has 21 heavy (non-hydrogen) atoms. The highest BCUT2D eigenvalue weighted by atomic mass is 32.2. The third kappa shape index (κ3) is 2.08. The lowest BCUT2D eigenvalue weighted by atomic mass is 10.1. The lowest BCUT2D eigenvalue weighted by Crippen LogP contribution is -2.21. The van der Waals surface area contributed by atoms with E-state index in [0.29, 0.717) is 5.75 Å². The van der Waals surface area contributed by atoms with Crippen molar-refractivity contribution >= 4 is 40.0 Å². The van der Waals surface area contributed by atoms with E-state index < -0.39 is 0 Å². The molecule has 3 aromatic rings. The number of hydrogen-bond acceptors (Lipinski definition) is 4. The molecular weight excluding hydrogens is 280 g/mol. The Balaban J connectivity index is 1.85. The maximum absolute atomic E-state index is 12.0. The van der Waals surface area contributed by atoms with E-state index in [9.17, 15) is 4.79 Å². The number of hydrogen-bond donors (Lipinski definition) is 0. The van der Waals surface area contributed by atoms with Crippen molar-refractivity contribution in [2.45, 2.75) is 0 Å². The first-order valence-electron chi connectivity index (χ1n) is 6.73. The van der Waals surface area contributed by atoms with Crippen LogP contribution in [-0.4, -0.2) is 16.5 Å². The number of nitrogens with zero attached hydrogens (tertiary/aromatic N) is 2. The second-order valence-electron chi connectivity index (χ2n) is 4.89. The molecule has 0 saturated heterocycles. The minimum atomic E-state index is 0.181. The van der Waals surface area contributed by atoms with Crippen LogP contribution in [0.15, 0.2) is 60.8 Å². The van der Waals surface area contributed by atoms with Gasteiger partial charge in [-0.2, -0.15) is 0 Å². The first-order valence-corrected chi connectivity index (χ1v) is 7.67. The number of fused-ring (bicyclic) bond motifs is 2. The zero-order valence-corrected chi connectivity index (χ0v) is 12.0. The number of anilines is 2. The molecule has 0 N–H and O–H groups in total. The van der Waals surface area contributed by atoms with Gasteiger partial charge in [0.25, 0.3) is 0 Å². The normalized spacial score (nSPS) is 14.3. The summed E-state index contributed by atoms with van der Waals surface area (Å²) in [6, 6.07) is 17.9. The van der Waals surface area contributed by atoms with Crippen molar-refractivity contribution in [3.63, 3.8) is 0 Å². The molecule has 1 aromatic heterocycles. The molecule has 102 valence electrons. The zero-order chi connectivity index (χ0) is 14.2. The molecule has 3 nitrogen and oxygen atoms in total. The molecule has 2 heterocycles. The topological polar surface area (TPSA) is 33.2 Å². The molecule has 0 saturated carbocycles. The molecule has 0 radical (unpaired) electrons. The molecule has 0 atom stereocenters. The third-order valence-electron chi connectivity index (χ3n) is 3.56. The fraction of sp³-hybridized carbons (Fsp3) is 0.0588. The second kappa shape index (κ2) is 4.90. The Labute approximate surface area is 126 Å². The van der Waals surface area contributed by atoms with Crippen molar-refractivity contribution < 1.29 is 4.79 Å². The Hall–Kier alpha value is -2.33. The Morgan fingerprint density at radius 3 is 2.81 bits per heavy atom. The molecule has 0 amide bonds. The molecule has 4 heteroatoms. The first-order chi connectivity index (χ1) is 10.3. The fourth-order valence-electron chi connectivity index (χ4n) is 2.54. The van der Waals surface area contributed by atoms with Gasteiger partial charge in [0.1, 0.15) is 0 Å². The van der Waals surface area contributed by atoms with Gasteiger partial charge in [-0.3, -0.25) is 14.1 Å². The summed E-state index contributed by atoms with van der Waals surface area (Å²) in [5, 5.41) is 1.10. The molecule has 0 spiro atoms. The van der Waals surface area contributed by atoms with E-state index >= 15 is 0 Å². The summed E-state index contributed by atoms with van der Waals surface area (Å²) >= 11 is 1.52. The molecule has 0 bridgehead atoms. The van der Waals surface area contributed by atoms with Gasteiger partial charge in [0.2, 0.25) is 0 Å². The van der Waals surface area contributed by atoms with Crippen LogP contribution in [0.5, 0.6) is 0 Å². The molecule has 2 aromatic carbocycles. The molecule has 0 aliphatic carbocycles. The summed E-state index contributed by atoms with van der Waals surface area (Å²) in [5.74, 6) is 0.643. The highest BCUT2D eigenvalue weighted by molar-refractivity contribution is 8.01. The molecular formula is C17H12N2OS. The third-order valence-corrected chi connectivity index (χ3v) is 4.62. The van der Waals surface area contributed by atoms with E-state index in [1.165, 1.54) is 11.9 Å². The number of para-hydroxylation sites is 2. The standard InChI is InChI=1S/C17H12N2OS/c20-17-11-21-19(16-8-4-2-6-14(16)17)13-9-12-5-1-3-7-15(12)18-10-13/h1-10H,11H2. The van der Waals surface area contributed by atoms with E-state index in [4.69, 9.17) is 0 Å². The Bertz CT molecular complexity index is 847. The van der Waals surface area contributed by atoms with Gasteiger partial charge < -0.3 is 0 Å². The van der Waals surface area contributed by atoms with Crippen LogP contribution in [0.2, 0.25) is 0 Å². The van der Waals surface area contributed by atoms with Crippen molar-refractivity contribution in [1.82, 2.24) is 4.98 Å². The number of carbonyl (C=O) groups is 1. The molecule has 4 rings (SSSR count). The van der Waals surface area contributed by atoms with Crippen molar-refractivity contribution in [2.24, 2.45) is 0 Å². The van der Waals surface area contributed by atoms with Crippen LogP contribution < -0.4 is 4.31 Å². The van der Waals surface area contributed by atoms with Crippen LogP contribution in [0.1, 0.15) is 10.4 Å². The number of ketones is 1. The van der Waals surface area contributed by atoms with Crippen molar-refractivity contribution in [3.8, 4) is 0 Å². The number of benzene rings is 2. The lowest BCUT2D eigenvalue weighted by Gasteiger charge is -2.28. The number of Topliss-reactive ketones (excluding diaryl/α,β-unsaturated/α-hetero) is 1. The van der Waals surface area contributed by atoms with E-state index in [0.717, 1.165) is 27.8 Å². The monoisotopic (exact) mass is 292 g/mol. The first kappa shape index (κ1) is 12.4. The van der Waals surface area contributed by atoms with Crippen LogP contribution in [0, 0.1) is 0 Å². The van der Waals surface area contributed by atoms with E-state index in [2.05, 4.69) is 21.4 Å². The Kier molecular flexibility index (Phi) is 2.89. The van der Waals surface area contributed by atoms with Crippen molar-refractivity contribution in [3.05, 3.63) is 66.4 Å². The molecule has 0 unspecified atom stereocenters. The van der Waals surface area contributed by atoms with Crippen molar-refractivity contribution in [1.29, 1.82) is 0 Å². The summed E-state index contributed by atoms with van der Waals surface area (Å²) < 4.78 is 2.09. The van der Waals surface area contributed by atoms with Gasteiger partial charge >= 0.3 is 0 Å². The largest absolute Gasteiger partial charge is 0.293 e. The van der Waals surface area contributed by atoms with Gasteiger partial charge in [0, 0.05) is 10.9 Å². The quantitative estimate of drug-likeness (QED) is 0.629. The average Bonchev–Trinajstić information content (AvgIpc) is 2.55. The van der Waals surface area contributed by atoms with Gasteiger partial charge in [0.15, 0.2) is 5.78 Å². The van der Waals surface area contributed by atoms with Gasteiger partial charge in [0.05, 0.1) is 28.8 Å². The minimum Gasteiger partial charge on any atom is -0.293 e. The highest BCUT2D eigenvalue weighted by Gasteiger charge is 2.24. The smallest absolute Gasteiger partial charge is 0.176 e. The lowest BCUT2D eigenvalue weighted by molar-refractivity contribution is 0.102. The maximum Gasteiger partial charge on any atom is 0.176 e. The van der Waals surface area contributed by atoms with Gasteiger partial charge in [-0.1, -0.05) is 30.3 Å². The highest BCUT2D eigenvalue weighted by Crippen LogP contribution is 2.39. The summed E-state index contributed by atoms with van der Waals surface area (Å²) in [6.45, 7) is 0. The minimum absolute atomic E-state index is 0.181. The Morgan fingerprint density at radius 2 is 1.86 bits per heavy atom. The van der Waals surface area contributed by atoms with Gasteiger partial charge in [-0.15, -0.1) is 0 Å². The second-order valence-corrected chi connectivity index (χ2v) is 5.81. The molecule has 0 fully saturated rings. The predicted octanol–water partition coefficient (Wildman–Crippen LogP) is 4.22. The zero-order valence-electron chi connectivity index (χ0n) is 11.2. The molecule has 1 aliphatic heterocycles. The summed E-state index contributed by atoms with van der Waals surface area (Å²) in [4.78, 5) is 16.5. The predicted molar refractivity (Wildman–Crippen MR) is 87.1 cm³/mol. The maximum atomic E-state index is 12.0. The van der Waals surface area contributed by atoms with Gasteiger partial charge in [-0.05, 0) is 36.2 Å². The van der Waals surface area contributed by atoms with Crippen LogP contribution in [-0.2, 0) is 0 Å². The Morgan fingerprint density at radius 1 is 1.05 bits per heavy atom. The van der Waals surface area contributed by atoms with Crippen LogP contribution in [0.3, 0.4) is 0 Å². The summed E-state index contributed by atoms with van der Waals surface area (Å²) in [7, 11) is 0. The van der Waals surface area contributed by atoms with Crippen LogP contribution in [0.4, 0.5) is 11.4 Å². The average molecular weight is 292 g/mol. The SMILES string of the molecule is O=C1CSN(c2cnc3ccccc3c2)c2ccccc21. The van der Waals surface area contributed by atoms with E-state index in [-0.39, 0.29) is 5.78 Å². The summed E-state index contributed by atoms with van der Waals surface area (Å²) in [6.07, 6.45) is 1.86. The number of rotatable bonds is 1. The van der Waals surface area contributed by atoms with Gasteiger partial charge in [-0.25, -0.2) is 0 Å². The number of aromatic nitrogens is 1. The summed E-state index contributed by atoms with van der Waals surface area (Å²) in [5.41, 5.74) is 3.70. The van der Waals surface area contributed by atoms with Crippen LogP contribution >= 0.6 is 11.9 Å².